The molecule has 3 heterocycles. The second kappa shape index (κ2) is 8.92. The Morgan fingerprint density at radius 3 is 2.61 bits per heavy atom. The van der Waals surface area contributed by atoms with Crippen molar-refractivity contribution in [1.29, 1.82) is 0 Å². The molecule has 0 aliphatic heterocycles. The Labute approximate surface area is 205 Å². The molecule has 180 valence electrons. The highest BCUT2D eigenvalue weighted by Gasteiger charge is 2.27. The molecule has 3 N–H and O–H groups in total. The summed E-state index contributed by atoms with van der Waals surface area (Å²) in [5, 5.41) is 45.0. The summed E-state index contributed by atoms with van der Waals surface area (Å²) in [4.78, 5) is 24.3. The zero-order valence-electron chi connectivity index (χ0n) is 17.9. The number of aliphatic carboxylic acids is 1. The molecular formula is C21H13ClN9O5-. The molecule has 3 aromatic heterocycles. The van der Waals surface area contributed by atoms with Crippen LogP contribution in [0.4, 0.5) is 11.5 Å². The van der Waals surface area contributed by atoms with Gasteiger partial charge in [-0.2, -0.15) is 4.68 Å². The van der Waals surface area contributed by atoms with Crippen molar-refractivity contribution in [3.63, 3.8) is 0 Å². The Hall–Kier alpha value is -5.11. The number of halogens is 1. The van der Waals surface area contributed by atoms with Crippen LogP contribution in [0.25, 0.3) is 28.0 Å². The molecule has 0 aliphatic carbocycles. The molecule has 0 unspecified atom stereocenters. The number of nitrogens with zero attached hydrogens (tertiary/aromatic N) is 8. The van der Waals surface area contributed by atoms with Crippen LogP contribution < -0.4 is 10.8 Å². The number of nitrogen functional groups attached to an aromatic ring is 1. The van der Waals surface area contributed by atoms with E-state index in [1.54, 1.807) is 48.5 Å². The number of benzene rings is 2. The normalized spacial score (nSPS) is 11.5. The van der Waals surface area contributed by atoms with Crippen molar-refractivity contribution in [2.75, 3.05) is 5.73 Å². The van der Waals surface area contributed by atoms with Crippen LogP contribution in [0.15, 0.2) is 63.4 Å². The maximum atomic E-state index is 13.1. The first-order chi connectivity index (χ1) is 17.4. The van der Waals surface area contributed by atoms with E-state index >= 15 is 0 Å². The number of para-hydroxylation sites is 1. The molecule has 14 nitrogen and oxygen atoms in total. The number of anilines is 1. The topological polar surface area (TPSA) is 203 Å². The van der Waals surface area contributed by atoms with E-state index in [0.717, 1.165) is 9.25 Å². The molecule has 5 aromatic rings. The van der Waals surface area contributed by atoms with Crippen LogP contribution in [-0.2, 0) is 11.3 Å². The fourth-order valence-corrected chi connectivity index (χ4v) is 3.83. The van der Waals surface area contributed by atoms with Crippen LogP contribution in [0.5, 0.6) is 5.88 Å². The van der Waals surface area contributed by atoms with Crippen molar-refractivity contribution >= 4 is 45.9 Å². The van der Waals surface area contributed by atoms with Crippen LogP contribution in [0.2, 0.25) is 5.02 Å². The minimum absolute atomic E-state index is 0.0311. The van der Waals surface area contributed by atoms with E-state index in [2.05, 4.69) is 35.5 Å². The Morgan fingerprint density at radius 2 is 1.89 bits per heavy atom. The van der Waals surface area contributed by atoms with Crippen molar-refractivity contribution in [1.82, 2.24) is 29.9 Å². The van der Waals surface area contributed by atoms with E-state index in [1.807, 2.05) is 0 Å². The first-order valence-corrected chi connectivity index (χ1v) is 10.5. The molecule has 1 amide bonds. The molecule has 2 aromatic carbocycles. The minimum atomic E-state index is -1.42. The summed E-state index contributed by atoms with van der Waals surface area (Å²) in [6, 6.07) is 13.1. The maximum absolute atomic E-state index is 13.1. The third-order valence-electron chi connectivity index (χ3n) is 5.14. The van der Waals surface area contributed by atoms with Gasteiger partial charge in [0.25, 0.3) is 0 Å². The van der Waals surface area contributed by atoms with Gasteiger partial charge in [-0.1, -0.05) is 53.2 Å². The predicted molar refractivity (Wildman–Crippen MR) is 122 cm³/mol. The highest BCUT2D eigenvalue weighted by Crippen LogP contribution is 2.39. The standard InChI is InChI=1S/C21H14ClN9O5/c22-12-7-3-1-5-10(12)17-16(25-29-31(17)19-18(23)27-36-28-19)20(34)26-24-15-11-6-2-4-8-13(11)30(21(15)35)9-14(32)33/h1-8,35H,9H2,(H2,23,27)(H,32,33)/p-1. The smallest absolute Gasteiger partial charge is 0.318 e. The van der Waals surface area contributed by atoms with Crippen molar-refractivity contribution < 1.29 is 24.4 Å². The number of aromatic nitrogens is 6. The van der Waals surface area contributed by atoms with E-state index in [0.29, 0.717) is 16.5 Å². The van der Waals surface area contributed by atoms with Gasteiger partial charge >= 0.3 is 5.91 Å². The number of carboxylic acids is 1. The van der Waals surface area contributed by atoms with Gasteiger partial charge in [0.1, 0.15) is 5.69 Å². The molecule has 5 rings (SSSR count). The zero-order valence-corrected chi connectivity index (χ0v) is 18.7. The lowest BCUT2D eigenvalue weighted by atomic mass is 10.1. The SMILES string of the molecule is Nc1nonc1-n1nnc(C(=O)N=Nc2c(O)n(CC(=O)[O-])c3ccccc23)c1-c1ccccc1Cl. The summed E-state index contributed by atoms with van der Waals surface area (Å²) in [7, 11) is 0. The van der Waals surface area contributed by atoms with Gasteiger partial charge in [-0.15, -0.1) is 15.3 Å². The first-order valence-electron chi connectivity index (χ1n) is 10.1. The fraction of sp³-hybridized carbons (Fsp3) is 0.0476. The van der Waals surface area contributed by atoms with Gasteiger partial charge < -0.3 is 25.3 Å². The average molecular weight is 507 g/mol. The van der Waals surface area contributed by atoms with Gasteiger partial charge in [0, 0.05) is 10.9 Å². The largest absolute Gasteiger partial charge is 0.548 e. The molecule has 0 saturated carbocycles. The monoisotopic (exact) mass is 506 g/mol. The van der Waals surface area contributed by atoms with E-state index in [4.69, 9.17) is 17.3 Å². The first kappa shape index (κ1) is 22.7. The van der Waals surface area contributed by atoms with Crippen molar-refractivity contribution in [2.24, 2.45) is 10.2 Å². The van der Waals surface area contributed by atoms with Crippen molar-refractivity contribution in [2.45, 2.75) is 6.54 Å². The number of fused-ring (bicyclic) bond motifs is 1. The third kappa shape index (κ3) is 3.80. The molecule has 0 radical (unpaired) electrons. The highest BCUT2D eigenvalue weighted by atomic mass is 35.5. The molecule has 0 spiro atoms. The number of nitrogens with two attached hydrogens (primary N) is 1. The summed E-state index contributed by atoms with van der Waals surface area (Å²) >= 11 is 6.36. The van der Waals surface area contributed by atoms with Crippen LogP contribution in [-0.4, -0.2) is 46.9 Å². The number of amides is 1. The van der Waals surface area contributed by atoms with Gasteiger partial charge in [-0.3, -0.25) is 4.79 Å². The van der Waals surface area contributed by atoms with E-state index in [9.17, 15) is 19.8 Å². The summed E-state index contributed by atoms with van der Waals surface area (Å²) < 4.78 is 6.83. The quantitative estimate of drug-likeness (QED) is 0.320. The van der Waals surface area contributed by atoms with Crippen LogP contribution >= 0.6 is 11.6 Å². The number of azo groups is 1. The predicted octanol–water partition coefficient (Wildman–Crippen LogP) is 1.89. The number of carboxylic acid groups (broad SMARTS) is 1. The second-order valence-electron chi connectivity index (χ2n) is 7.30. The Kier molecular flexibility index (Phi) is 5.62. The number of aromatic hydroxyl groups is 1. The highest BCUT2D eigenvalue weighted by molar-refractivity contribution is 6.33. The number of rotatable bonds is 6. The summed E-state index contributed by atoms with van der Waals surface area (Å²) in [6.45, 7) is -0.631. The average Bonchev–Trinajstić information content (AvgIpc) is 3.54. The molecule has 36 heavy (non-hydrogen) atoms. The van der Waals surface area contributed by atoms with Crippen LogP contribution in [0, 0.1) is 0 Å². The molecule has 0 fully saturated rings. The molecule has 0 atom stereocenters. The number of carbonyl (C=O) groups excluding carboxylic acids is 2. The molecule has 0 aliphatic rings. The Balaban J connectivity index is 1.61. The van der Waals surface area contributed by atoms with E-state index in [-0.39, 0.29) is 33.7 Å². The summed E-state index contributed by atoms with van der Waals surface area (Å²) in [5.41, 5.74) is 6.23. The lowest BCUT2D eigenvalue weighted by molar-refractivity contribution is -0.306. The maximum Gasteiger partial charge on any atom is 0.318 e. The van der Waals surface area contributed by atoms with Gasteiger partial charge in [0.2, 0.25) is 17.5 Å². The molecule has 15 heteroatoms. The number of hydrogen-bond acceptors (Lipinski definition) is 11. The van der Waals surface area contributed by atoms with Gasteiger partial charge in [0.15, 0.2) is 11.4 Å². The minimum Gasteiger partial charge on any atom is -0.548 e. The lowest BCUT2D eigenvalue weighted by Crippen LogP contribution is -2.27. The van der Waals surface area contributed by atoms with Gasteiger partial charge in [-0.05, 0) is 22.4 Å². The van der Waals surface area contributed by atoms with Crippen LogP contribution in [0.1, 0.15) is 10.5 Å². The van der Waals surface area contributed by atoms with Gasteiger partial charge in [-0.25, -0.2) is 4.63 Å². The Morgan fingerprint density at radius 1 is 1.14 bits per heavy atom. The van der Waals surface area contributed by atoms with Crippen LogP contribution in [0.3, 0.4) is 0 Å². The molecule has 0 saturated heterocycles. The molecule has 0 bridgehead atoms. The molecular weight excluding hydrogens is 494 g/mol. The van der Waals surface area contributed by atoms with Crippen molar-refractivity contribution in [3.05, 3.63) is 59.2 Å². The Bertz CT molecular complexity index is 1670. The number of hydrogen-bond donors (Lipinski definition) is 2. The van der Waals surface area contributed by atoms with Crippen molar-refractivity contribution in [3.8, 4) is 23.0 Å². The zero-order chi connectivity index (χ0) is 25.4. The number of carbonyl (C=O) groups is 2. The van der Waals surface area contributed by atoms with E-state index in [1.165, 1.54) is 0 Å². The third-order valence-corrected chi connectivity index (χ3v) is 5.47. The second-order valence-corrected chi connectivity index (χ2v) is 7.71. The van der Waals surface area contributed by atoms with Gasteiger partial charge in [0.05, 0.1) is 23.1 Å². The fourth-order valence-electron chi connectivity index (χ4n) is 3.61. The van der Waals surface area contributed by atoms with E-state index < -0.39 is 24.3 Å². The summed E-state index contributed by atoms with van der Waals surface area (Å²) in [5.74, 6) is -3.01. The lowest BCUT2D eigenvalue weighted by Gasteiger charge is -2.07. The summed E-state index contributed by atoms with van der Waals surface area (Å²) in [6.07, 6.45) is 0.